The van der Waals surface area contributed by atoms with Gasteiger partial charge in [0.1, 0.15) is 0 Å². The van der Waals surface area contributed by atoms with Crippen LogP contribution in [0, 0.1) is 6.92 Å². The Labute approximate surface area is 96.5 Å². The number of aliphatic hydroxyl groups excluding tert-OH is 2. The maximum Gasteiger partial charge on any atom is 0.0606 e. The highest BCUT2D eigenvalue weighted by Gasteiger charge is 2.06. The minimum Gasteiger partial charge on any atom is -0.395 e. The molecular formula is C12H20N2O2. The summed E-state index contributed by atoms with van der Waals surface area (Å²) in [6.45, 7) is 3.29. The van der Waals surface area contributed by atoms with Crippen LogP contribution in [0.1, 0.15) is 5.56 Å². The molecule has 0 saturated heterocycles. The van der Waals surface area contributed by atoms with Gasteiger partial charge in [0, 0.05) is 31.5 Å². The quantitative estimate of drug-likeness (QED) is 0.670. The van der Waals surface area contributed by atoms with Gasteiger partial charge < -0.3 is 20.4 Å². The van der Waals surface area contributed by atoms with E-state index in [9.17, 15) is 0 Å². The lowest BCUT2D eigenvalue weighted by Gasteiger charge is -2.23. The number of benzene rings is 1. The van der Waals surface area contributed by atoms with Gasteiger partial charge >= 0.3 is 0 Å². The molecule has 1 rings (SSSR count). The topological polar surface area (TPSA) is 55.7 Å². The molecule has 0 saturated carbocycles. The molecule has 90 valence electrons. The molecule has 1 aromatic rings. The van der Waals surface area contributed by atoms with Crippen LogP contribution in [-0.4, -0.2) is 43.6 Å². The number of nitrogens with zero attached hydrogens (tertiary/aromatic N) is 1. The lowest BCUT2D eigenvalue weighted by molar-refractivity contribution is 0.281. The number of anilines is 2. The number of rotatable bonds is 6. The zero-order valence-electron chi connectivity index (χ0n) is 9.90. The molecule has 0 fully saturated rings. The number of hydrogen-bond donors (Lipinski definition) is 3. The largest absolute Gasteiger partial charge is 0.395 e. The minimum absolute atomic E-state index is 0.0901. The van der Waals surface area contributed by atoms with E-state index in [0.717, 1.165) is 16.9 Å². The van der Waals surface area contributed by atoms with Crippen molar-refractivity contribution in [2.24, 2.45) is 0 Å². The Morgan fingerprint density at radius 2 is 1.81 bits per heavy atom. The molecule has 4 nitrogen and oxygen atoms in total. The molecule has 3 N–H and O–H groups in total. The van der Waals surface area contributed by atoms with E-state index in [1.165, 1.54) is 0 Å². The van der Waals surface area contributed by atoms with Crippen molar-refractivity contribution in [3.63, 3.8) is 0 Å². The Morgan fingerprint density at radius 1 is 1.19 bits per heavy atom. The summed E-state index contributed by atoms with van der Waals surface area (Å²) in [7, 11) is 1.89. The van der Waals surface area contributed by atoms with E-state index in [0.29, 0.717) is 13.1 Å². The number of aryl methyl sites for hydroxylation is 1. The summed E-state index contributed by atoms with van der Waals surface area (Å²) in [4.78, 5) is 1.96. The SMILES string of the molecule is CNc1ccc(N(CCO)CCO)cc1C. The molecule has 0 aliphatic rings. The Bertz CT molecular complexity index is 323. The fraction of sp³-hybridized carbons (Fsp3) is 0.500. The van der Waals surface area contributed by atoms with Gasteiger partial charge in [-0.1, -0.05) is 0 Å². The van der Waals surface area contributed by atoms with E-state index >= 15 is 0 Å². The van der Waals surface area contributed by atoms with Gasteiger partial charge in [-0.3, -0.25) is 0 Å². The first-order chi connectivity index (χ1) is 7.72. The van der Waals surface area contributed by atoms with Gasteiger partial charge in [-0.25, -0.2) is 0 Å². The fourth-order valence-electron chi connectivity index (χ4n) is 1.74. The van der Waals surface area contributed by atoms with Crippen molar-refractivity contribution in [1.29, 1.82) is 0 Å². The molecule has 1 aromatic carbocycles. The van der Waals surface area contributed by atoms with Crippen LogP contribution >= 0.6 is 0 Å². The second-order valence-electron chi connectivity index (χ2n) is 3.68. The van der Waals surface area contributed by atoms with Crippen molar-refractivity contribution in [3.05, 3.63) is 23.8 Å². The summed E-state index contributed by atoms with van der Waals surface area (Å²) in [5.74, 6) is 0. The van der Waals surface area contributed by atoms with Crippen LogP contribution in [-0.2, 0) is 0 Å². The second kappa shape index (κ2) is 6.35. The summed E-state index contributed by atoms with van der Waals surface area (Å²) >= 11 is 0. The smallest absolute Gasteiger partial charge is 0.0606 e. The standard InChI is InChI=1S/C12H20N2O2/c1-10-9-11(3-4-12(10)13-2)14(5-7-15)6-8-16/h3-4,9,13,15-16H,5-8H2,1-2H3. The van der Waals surface area contributed by atoms with Crippen molar-refractivity contribution in [3.8, 4) is 0 Å². The van der Waals surface area contributed by atoms with Crippen molar-refractivity contribution in [2.45, 2.75) is 6.92 Å². The Hall–Kier alpha value is -1.26. The third kappa shape index (κ3) is 3.12. The second-order valence-corrected chi connectivity index (χ2v) is 3.68. The minimum atomic E-state index is 0.0901. The van der Waals surface area contributed by atoms with Gasteiger partial charge in [0.25, 0.3) is 0 Å². The van der Waals surface area contributed by atoms with Gasteiger partial charge in [-0.15, -0.1) is 0 Å². The van der Waals surface area contributed by atoms with Gasteiger partial charge in [-0.05, 0) is 30.7 Å². The zero-order chi connectivity index (χ0) is 12.0. The van der Waals surface area contributed by atoms with Crippen LogP contribution in [0.4, 0.5) is 11.4 Å². The van der Waals surface area contributed by atoms with E-state index in [1.807, 2.05) is 31.0 Å². The summed E-state index contributed by atoms with van der Waals surface area (Å²) in [6, 6.07) is 6.05. The van der Waals surface area contributed by atoms with E-state index in [2.05, 4.69) is 11.4 Å². The molecule has 0 aromatic heterocycles. The predicted octanol–water partition coefficient (Wildman–Crippen LogP) is 0.828. The number of nitrogens with one attached hydrogen (secondary N) is 1. The fourth-order valence-corrected chi connectivity index (χ4v) is 1.74. The Kier molecular flexibility index (Phi) is 5.08. The molecule has 0 heterocycles. The third-order valence-corrected chi connectivity index (χ3v) is 2.58. The van der Waals surface area contributed by atoms with E-state index in [1.54, 1.807) is 0 Å². The van der Waals surface area contributed by atoms with Crippen LogP contribution in [0.3, 0.4) is 0 Å². The van der Waals surface area contributed by atoms with Gasteiger partial charge in [0.2, 0.25) is 0 Å². The van der Waals surface area contributed by atoms with Crippen LogP contribution in [0.2, 0.25) is 0 Å². The molecule has 0 bridgehead atoms. The molecule has 0 atom stereocenters. The average molecular weight is 224 g/mol. The van der Waals surface area contributed by atoms with Crippen LogP contribution < -0.4 is 10.2 Å². The molecule has 0 unspecified atom stereocenters. The van der Waals surface area contributed by atoms with E-state index in [4.69, 9.17) is 10.2 Å². The number of hydrogen-bond acceptors (Lipinski definition) is 4. The van der Waals surface area contributed by atoms with Crippen molar-refractivity contribution < 1.29 is 10.2 Å². The molecular weight excluding hydrogens is 204 g/mol. The molecule has 4 heteroatoms. The van der Waals surface area contributed by atoms with E-state index < -0.39 is 0 Å². The van der Waals surface area contributed by atoms with E-state index in [-0.39, 0.29) is 13.2 Å². The molecule has 16 heavy (non-hydrogen) atoms. The normalized spacial score (nSPS) is 10.2. The molecule has 0 amide bonds. The predicted molar refractivity (Wildman–Crippen MR) is 67.1 cm³/mol. The highest BCUT2D eigenvalue weighted by Crippen LogP contribution is 2.21. The summed E-state index contributed by atoms with van der Waals surface area (Å²) in [5, 5.41) is 21.0. The lowest BCUT2D eigenvalue weighted by atomic mass is 10.1. The third-order valence-electron chi connectivity index (χ3n) is 2.58. The zero-order valence-corrected chi connectivity index (χ0v) is 9.90. The molecule has 0 aliphatic carbocycles. The summed E-state index contributed by atoms with van der Waals surface area (Å²) < 4.78 is 0. The van der Waals surface area contributed by atoms with Crippen LogP contribution in [0.25, 0.3) is 0 Å². The molecule has 0 radical (unpaired) electrons. The van der Waals surface area contributed by atoms with Gasteiger partial charge in [0.05, 0.1) is 13.2 Å². The monoisotopic (exact) mass is 224 g/mol. The van der Waals surface area contributed by atoms with Crippen molar-refractivity contribution >= 4 is 11.4 Å². The average Bonchev–Trinajstić information content (AvgIpc) is 2.28. The molecule has 0 aliphatic heterocycles. The van der Waals surface area contributed by atoms with Gasteiger partial charge in [-0.2, -0.15) is 0 Å². The summed E-state index contributed by atoms with van der Waals surface area (Å²) in [5.41, 5.74) is 3.28. The number of aliphatic hydroxyl groups is 2. The maximum absolute atomic E-state index is 8.96. The highest BCUT2D eigenvalue weighted by atomic mass is 16.3. The van der Waals surface area contributed by atoms with Crippen LogP contribution in [0.15, 0.2) is 18.2 Å². The highest BCUT2D eigenvalue weighted by molar-refractivity contribution is 5.60. The van der Waals surface area contributed by atoms with Crippen molar-refractivity contribution in [2.75, 3.05) is 43.6 Å². The Balaban J connectivity index is 2.87. The van der Waals surface area contributed by atoms with Crippen LogP contribution in [0.5, 0.6) is 0 Å². The first-order valence-electron chi connectivity index (χ1n) is 5.48. The van der Waals surface area contributed by atoms with Gasteiger partial charge in [0.15, 0.2) is 0 Å². The maximum atomic E-state index is 8.96. The summed E-state index contributed by atoms with van der Waals surface area (Å²) in [6.07, 6.45) is 0. The lowest BCUT2D eigenvalue weighted by Crippen LogP contribution is -2.29. The Morgan fingerprint density at radius 3 is 2.25 bits per heavy atom. The van der Waals surface area contributed by atoms with Crippen molar-refractivity contribution in [1.82, 2.24) is 0 Å². The first-order valence-corrected chi connectivity index (χ1v) is 5.48. The molecule has 0 spiro atoms. The first kappa shape index (κ1) is 12.8.